The fraction of sp³-hybridized carbons (Fsp3) is 0.353. The molecule has 0 saturated carbocycles. The Labute approximate surface area is 144 Å². The van der Waals surface area contributed by atoms with Crippen molar-refractivity contribution >= 4 is 22.7 Å². The van der Waals surface area contributed by atoms with E-state index in [1.165, 1.54) is 0 Å². The highest BCUT2D eigenvalue weighted by Gasteiger charge is 2.24. The van der Waals surface area contributed by atoms with Gasteiger partial charge in [-0.15, -0.1) is 0 Å². The maximum absolute atomic E-state index is 12.6. The van der Waals surface area contributed by atoms with Crippen molar-refractivity contribution in [3.63, 3.8) is 0 Å². The van der Waals surface area contributed by atoms with Gasteiger partial charge in [-0.2, -0.15) is 0 Å². The van der Waals surface area contributed by atoms with Crippen LogP contribution in [0.3, 0.4) is 0 Å². The highest BCUT2D eigenvalue weighted by Crippen LogP contribution is 2.16. The predicted molar refractivity (Wildman–Crippen MR) is 90.6 cm³/mol. The molecule has 8 heteroatoms. The van der Waals surface area contributed by atoms with Crippen molar-refractivity contribution in [2.45, 2.75) is 6.04 Å². The van der Waals surface area contributed by atoms with Crippen LogP contribution in [0.25, 0.3) is 10.9 Å². The summed E-state index contributed by atoms with van der Waals surface area (Å²) in [5, 5.41) is 14.5. The number of hydrogen-bond acceptors (Lipinski definition) is 6. The maximum Gasteiger partial charge on any atom is 0.259 e. The summed E-state index contributed by atoms with van der Waals surface area (Å²) in [5.74, 6) is -0.897. The Morgan fingerprint density at radius 2 is 2.00 bits per heavy atom. The molecule has 3 rings (SSSR count). The Balaban J connectivity index is 1.70. The first kappa shape index (κ1) is 17.3. The molecule has 2 amide bonds. The van der Waals surface area contributed by atoms with Gasteiger partial charge in [0.25, 0.3) is 11.8 Å². The van der Waals surface area contributed by atoms with E-state index in [0.29, 0.717) is 42.8 Å². The number of hydrazine groups is 1. The third-order valence-electron chi connectivity index (χ3n) is 3.98. The number of carbonyl (C=O) groups excluding carboxylic acids is 2. The lowest BCUT2D eigenvalue weighted by atomic mass is 10.1. The lowest BCUT2D eigenvalue weighted by molar-refractivity contribution is -0.130. The van der Waals surface area contributed by atoms with E-state index in [2.05, 4.69) is 15.7 Å². The fourth-order valence-electron chi connectivity index (χ4n) is 2.63. The van der Waals surface area contributed by atoms with Crippen LogP contribution in [0, 0.1) is 0 Å². The first-order valence-electron chi connectivity index (χ1n) is 8.07. The molecule has 1 aromatic heterocycles. The number of hydrogen-bond donors (Lipinski definition) is 3. The smallest absolute Gasteiger partial charge is 0.259 e. The molecule has 1 aliphatic heterocycles. The van der Waals surface area contributed by atoms with Crippen LogP contribution >= 0.6 is 0 Å². The van der Waals surface area contributed by atoms with E-state index in [1.54, 1.807) is 29.4 Å². The number of aliphatic hydroxyl groups excluding tert-OH is 1. The normalized spacial score (nSPS) is 16.4. The molecular weight excluding hydrogens is 324 g/mol. The van der Waals surface area contributed by atoms with Gasteiger partial charge < -0.3 is 15.2 Å². The summed E-state index contributed by atoms with van der Waals surface area (Å²) in [4.78, 5) is 29.1. The fourth-order valence-corrected chi connectivity index (χ4v) is 2.63. The average molecular weight is 344 g/mol. The summed E-state index contributed by atoms with van der Waals surface area (Å²) in [6, 6.07) is 7.80. The lowest BCUT2D eigenvalue weighted by Crippen LogP contribution is -2.56. The summed E-state index contributed by atoms with van der Waals surface area (Å²) in [6.45, 7) is 1.68. The number of aliphatic hydroxyl groups is 1. The van der Waals surface area contributed by atoms with Gasteiger partial charge in [0.05, 0.1) is 30.9 Å². The van der Waals surface area contributed by atoms with Crippen LogP contribution in [0.15, 0.2) is 36.5 Å². The highest BCUT2D eigenvalue weighted by atomic mass is 16.5. The highest BCUT2D eigenvalue weighted by molar-refractivity contribution is 6.07. The molecule has 1 fully saturated rings. The van der Waals surface area contributed by atoms with Crippen molar-refractivity contribution in [1.82, 2.24) is 20.7 Å². The predicted octanol–water partition coefficient (Wildman–Crippen LogP) is -0.311. The number of aromatic nitrogens is 1. The zero-order valence-corrected chi connectivity index (χ0v) is 13.6. The van der Waals surface area contributed by atoms with Crippen molar-refractivity contribution in [3.8, 4) is 0 Å². The molecule has 0 spiro atoms. The molecule has 2 heterocycles. The van der Waals surface area contributed by atoms with Gasteiger partial charge in [0, 0.05) is 24.7 Å². The van der Waals surface area contributed by atoms with Gasteiger partial charge in [0.15, 0.2) is 0 Å². The van der Waals surface area contributed by atoms with Crippen LogP contribution in [0.2, 0.25) is 0 Å². The number of morpholine rings is 1. The quantitative estimate of drug-likeness (QED) is 0.687. The van der Waals surface area contributed by atoms with Gasteiger partial charge in [0.2, 0.25) is 0 Å². The van der Waals surface area contributed by atoms with Crippen LogP contribution in [0.4, 0.5) is 0 Å². The third kappa shape index (κ3) is 4.11. The number of pyridine rings is 1. The van der Waals surface area contributed by atoms with Gasteiger partial charge >= 0.3 is 0 Å². The van der Waals surface area contributed by atoms with E-state index in [-0.39, 0.29) is 0 Å². The Hall–Kier alpha value is -2.55. The van der Waals surface area contributed by atoms with E-state index >= 15 is 0 Å². The second kappa shape index (κ2) is 8.02. The molecule has 1 aromatic carbocycles. The number of ether oxygens (including phenoxy) is 1. The zero-order valence-electron chi connectivity index (χ0n) is 13.6. The van der Waals surface area contributed by atoms with Gasteiger partial charge in [-0.3, -0.25) is 20.0 Å². The monoisotopic (exact) mass is 344 g/mol. The Morgan fingerprint density at radius 1 is 1.24 bits per heavy atom. The van der Waals surface area contributed by atoms with Crippen molar-refractivity contribution in [2.24, 2.45) is 0 Å². The minimum absolute atomic E-state index is 0.406. The molecule has 8 nitrogen and oxygen atoms in total. The second-order valence-corrected chi connectivity index (χ2v) is 5.66. The number of amides is 2. The Bertz CT molecular complexity index is 756. The van der Waals surface area contributed by atoms with E-state index < -0.39 is 24.5 Å². The number of rotatable bonds is 5. The topological polar surface area (TPSA) is 104 Å². The van der Waals surface area contributed by atoms with Crippen molar-refractivity contribution in [1.29, 1.82) is 0 Å². The zero-order chi connectivity index (χ0) is 17.6. The first-order chi connectivity index (χ1) is 12.2. The maximum atomic E-state index is 12.6. The van der Waals surface area contributed by atoms with Crippen LogP contribution in [-0.4, -0.2) is 65.9 Å². The summed E-state index contributed by atoms with van der Waals surface area (Å²) >= 11 is 0. The molecule has 0 aliphatic carbocycles. The van der Waals surface area contributed by atoms with Crippen LogP contribution in [0.1, 0.15) is 10.4 Å². The summed E-state index contributed by atoms with van der Waals surface area (Å²) in [6.07, 6.45) is 1.54. The Morgan fingerprint density at radius 3 is 2.76 bits per heavy atom. The van der Waals surface area contributed by atoms with Gasteiger partial charge in [-0.1, -0.05) is 18.2 Å². The van der Waals surface area contributed by atoms with Gasteiger partial charge in [0.1, 0.15) is 6.04 Å². The number of nitrogens with zero attached hydrogens (tertiary/aromatic N) is 2. The van der Waals surface area contributed by atoms with Crippen LogP contribution < -0.4 is 10.7 Å². The molecule has 0 radical (unpaired) electrons. The van der Waals surface area contributed by atoms with Crippen molar-refractivity contribution < 1.29 is 19.4 Å². The van der Waals surface area contributed by atoms with Gasteiger partial charge in [-0.25, -0.2) is 5.01 Å². The minimum Gasteiger partial charge on any atom is -0.394 e. The van der Waals surface area contributed by atoms with E-state index in [4.69, 9.17) is 4.74 Å². The first-order valence-corrected chi connectivity index (χ1v) is 8.07. The average Bonchev–Trinajstić information content (AvgIpc) is 2.66. The number of nitrogens with one attached hydrogen (secondary N) is 2. The van der Waals surface area contributed by atoms with Crippen LogP contribution in [-0.2, 0) is 9.53 Å². The molecule has 1 saturated heterocycles. The molecule has 1 aliphatic rings. The van der Waals surface area contributed by atoms with E-state index in [9.17, 15) is 14.7 Å². The molecule has 0 bridgehead atoms. The standard InChI is InChI=1S/C17H20N4O4/c22-11-15(17(24)20-21-7-9-25-10-8-21)19-16(23)13-5-6-18-14-4-2-1-3-12(13)14/h1-6,15,22H,7-11H2,(H,19,23)(H,20,24). The molecule has 132 valence electrons. The Kier molecular flexibility index (Phi) is 5.54. The number of fused-ring (bicyclic) bond motifs is 1. The number of carbonyl (C=O) groups is 2. The molecule has 3 N–H and O–H groups in total. The summed E-state index contributed by atoms with van der Waals surface area (Å²) in [7, 11) is 0. The molecule has 1 atom stereocenters. The summed E-state index contributed by atoms with van der Waals surface area (Å²) in [5.41, 5.74) is 3.79. The van der Waals surface area contributed by atoms with Gasteiger partial charge in [-0.05, 0) is 12.1 Å². The SMILES string of the molecule is O=C(NC(CO)C(=O)NN1CCOCC1)c1ccnc2ccccc12. The second-order valence-electron chi connectivity index (χ2n) is 5.66. The van der Waals surface area contributed by atoms with Crippen molar-refractivity contribution in [3.05, 3.63) is 42.1 Å². The molecule has 25 heavy (non-hydrogen) atoms. The number of benzene rings is 1. The summed E-state index contributed by atoms with van der Waals surface area (Å²) < 4.78 is 5.21. The molecular formula is C17H20N4O4. The minimum atomic E-state index is -1.04. The van der Waals surface area contributed by atoms with Crippen LogP contribution in [0.5, 0.6) is 0 Å². The largest absolute Gasteiger partial charge is 0.394 e. The number of para-hydroxylation sites is 1. The molecule has 1 unspecified atom stereocenters. The van der Waals surface area contributed by atoms with Crippen molar-refractivity contribution in [2.75, 3.05) is 32.9 Å². The van der Waals surface area contributed by atoms with E-state index in [1.807, 2.05) is 12.1 Å². The molecule has 2 aromatic rings. The third-order valence-corrected chi connectivity index (χ3v) is 3.98. The lowest BCUT2D eigenvalue weighted by Gasteiger charge is -2.28. The van der Waals surface area contributed by atoms with E-state index in [0.717, 1.165) is 0 Å².